The summed E-state index contributed by atoms with van der Waals surface area (Å²) in [5, 5.41) is 13.2. The maximum atomic E-state index is 8.29. The zero-order valence-electron chi connectivity index (χ0n) is 5.34. The molecule has 0 radical (unpaired) electrons. The summed E-state index contributed by atoms with van der Waals surface area (Å²) in [7, 11) is 0. The van der Waals surface area contributed by atoms with Crippen molar-refractivity contribution in [1.82, 2.24) is 0 Å². The number of halogens is 1. The molecule has 0 aliphatic carbocycles. The number of rotatable bonds is 1. The molecule has 0 aromatic carbocycles. The predicted octanol–water partition coefficient (Wildman–Crippen LogP) is 2.43. The lowest BCUT2D eigenvalue weighted by Crippen LogP contribution is -1.87. The maximum absolute atomic E-state index is 8.29. The van der Waals surface area contributed by atoms with Crippen LogP contribution in [0.2, 0.25) is 0 Å². The Balaban J connectivity index is 3.05. The molecule has 54 valence electrons. The van der Waals surface area contributed by atoms with Crippen molar-refractivity contribution in [3.8, 4) is 0 Å². The van der Waals surface area contributed by atoms with Crippen molar-refractivity contribution < 1.29 is 5.21 Å². The van der Waals surface area contributed by atoms with Gasteiger partial charge in [-0.25, -0.2) is 0 Å². The van der Waals surface area contributed by atoms with Gasteiger partial charge in [-0.1, -0.05) is 16.8 Å². The molecule has 1 aromatic heterocycles. The molecule has 0 aliphatic heterocycles. The lowest BCUT2D eigenvalue weighted by atomic mass is 10.3. The molecule has 0 spiro atoms. The third-order valence-corrected chi connectivity index (χ3v) is 2.54. The van der Waals surface area contributed by atoms with E-state index in [2.05, 4.69) is 5.16 Å². The van der Waals surface area contributed by atoms with Crippen LogP contribution < -0.4 is 0 Å². The fraction of sp³-hybridized carbons (Fsp3) is 0.167. The van der Waals surface area contributed by atoms with E-state index >= 15 is 0 Å². The van der Waals surface area contributed by atoms with Crippen LogP contribution in [0.25, 0.3) is 0 Å². The molecule has 0 bridgehead atoms. The van der Waals surface area contributed by atoms with E-state index in [-0.39, 0.29) is 5.17 Å². The summed E-state index contributed by atoms with van der Waals surface area (Å²) >= 11 is 7.01. The molecule has 0 saturated heterocycles. The number of nitrogens with zero attached hydrogens (tertiary/aromatic N) is 1. The largest absolute Gasteiger partial charge is 0.410 e. The van der Waals surface area contributed by atoms with E-state index < -0.39 is 0 Å². The molecule has 10 heavy (non-hydrogen) atoms. The number of oxime groups is 1. The maximum Gasteiger partial charge on any atom is 0.185 e. The van der Waals surface area contributed by atoms with Crippen molar-refractivity contribution in [3.63, 3.8) is 0 Å². The van der Waals surface area contributed by atoms with E-state index in [9.17, 15) is 0 Å². The smallest absolute Gasteiger partial charge is 0.185 e. The van der Waals surface area contributed by atoms with Gasteiger partial charge in [0.2, 0.25) is 0 Å². The van der Waals surface area contributed by atoms with Crippen molar-refractivity contribution >= 4 is 28.1 Å². The van der Waals surface area contributed by atoms with Gasteiger partial charge in [-0.2, -0.15) is 0 Å². The summed E-state index contributed by atoms with van der Waals surface area (Å²) in [5.41, 5.74) is 1.04. The molecular formula is C6H6ClNOS. The third kappa shape index (κ3) is 1.30. The minimum absolute atomic E-state index is 0.160. The second-order valence-corrected chi connectivity index (χ2v) is 3.10. The molecule has 0 aliphatic rings. The number of hydrogen-bond donors (Lipinski definition) is 1. The first-order valence-electron chi connectivity index (χ1n) is 2.67. The normalized spacial score (nSPS) is 12.0. The summed E-state index contributed by atoms with van der Waals surface area (Å²) in [6, 6.07) is 1.92. The van der Waals surface area contributed by atoms with Crippen LogP contribution in [0.1, 0.15) is 10.4 Å². The highest BCUT2D eigenvalue weighted by Gasteiger charge is 2.04. The highest BCUT2D eigenvalue weighted by Crippen LogP contribution is 2.17. The van der Waals surface area contributed by atoms with Crippen molar-refractivity contribution in [2.75, 3.05) is 0 Å². The van der Waals surface area contributed by atoms with E-state index in [1.54, 1.807) is 0 Å². The van der Waals surface area contributed by atoms with Crippen molar-refractivity contribution in [3.05, 3.63) is 21.9 Å². The van der Waals surface area contributed by atoms with Gasteiger partial charge in [0.05, 0.1) is 4.88 Å². The van der Waals surface area contributed by atoms with Crippen LogP contribution in [0, 0.1) is 6.92 Å². The Morgan fingerprint density at radius 2 is 2.50 bits per heavy atom. The minimum Gasteiger partial charge on any atom is -0.410 e. The van der Waals surface area contributed by atoms with Crippen molar-refractivity contribution in [2.45, 2.75) is 6.92 Å². The third-order valence-electron chi connectivity index (χ3n) is 1.14. The topological polar surface area (TPSA) is 32.6 Å². The van der Waals surface area contributed by atoms with E-state index in [0.29, 0.717) is 0 Å². The molecule has 1 heterocycles. The van der Waals surface area contributed by atoms with Gasteiger partial charge in [-0.05, 0) is 23.9 Å². The van der Waals surface area contributed by atoms with Crippen LogP contribution >= 0.6 is 22.9 Å². The summed E-state index contributed by atoms with van der Waals surface area (Å²) in [6.45, 7) is 1.92. The molecule has 2 nitrogen and oxygen atoms in total. The Hall–Kier alpha value is -0.540. The molecule has 1 aromatic rings. The van der Waals surface area contributed by atoms with E-state index in [0.717, 1.165) is 10.4 Å². The molecular weight excluding hydrogens is 170 g/mol. The van der Waals surface area contributed by atoms with Gasteiger partial charge in [0.25, 0.3) is 0 Å². The first-order chi connectivity index (χ1) is 4.75. The van der Waals surface area contributed by atoms with E-state index in [1.165, 1.54) is 11.3 Å². The average molecular weight is 176 g/mol. The first kappa shape index (κ1) is 7.57. The van der Waals surface area contributed by atoms with Crippen LogP contribution in [0.15, 0.2) is 16.6 Å². The fourth-order valence-electron chi connectivity index (χ4n) is 0.629. The summed E-state index contributed by atoms with van der Waals surface area (Å²) in [6.07, 6.45) is 0. The van der Waals surface area contributed by atoms with Gasteiger partial charge in [0.1, 0.15) is 0 Å². The van der Waals surface area contributed by atoms with Crippen LogP contribution in [0.3, 0.4) is 0 Å². The number of thiophene rings is 1. The molecule has 0 atom stereocenters. The quantitative estimate of drug-likeness (QED) is 0.397. The van der Waals surface area contributed by atoms with Gasteiger partial charge in [0.15, 0.2) is 5.17 Å². The van der Waals surface area contributed by atoms with E-state index in [4.69, 9.17) is 16.8 Å². The standard InChI is InChI=1S/C6H6ClNOS/c1-4-2-3-10-5(4)6(7)8-9/h2-3,9H,1H3. The van der Waals surface area contributed by atoms with Gasteiger partial charge in [0, 0.05) is 0 Å². The number of hydrogen-bond acceptors (Lipinski definition) is 3. The van der Waals surface area contributed by atoms with Crippen molar-refractivity contribution in [1.29, 1.82) is 0 Å². The Labute approximate surface area is 67.7 Å². The summed E-state index contributed by atoms with van der Waals surface area (Å²) in [5.74, 6) is 0. The molecule has 1 N–H and O–H groups in total. The second-order valence-electron chi connectivity index (χ2n) is 1.82. The van der Waals surface area contributed by atoms with Crippen molar-refractivity contribution in [2.24, 2.45) is 5.16 Å². The Bertz CT molecular complexity index is 256. The fourth-order valence-corrected chi connectivity index (χ4v) is 1.71. The first-order valence-corrected chi connectivity index (χ1v) is 3.93. The van der Waals surface area contributed by atoms with Gasteiger partial charge in [-0.15, -0.1) is 11.3 Å². The zero-order valence-corrected chi connectivity index (χ0v) is 6.91. The molecule has 0 fully saturated rings. The monoisotopic (exact) mass is 175 g/mol. The average Bonchev–Trinajstić information content (AvgIpc) is 2.34. The summed E-state index contributed by atoms with van der Waals surface area (Å²) < 4.78 is 0. The molecule has 0 amide bonds. The Morgan fingerprint density at radius 1 is 1.80 bits per heavy atom. The molecule has 0 saturated carbocycles. The summed E-state index contributed by atoms with van der Waals surface area (Å²) in [4.78, 5) is 0.823. The van der Waals surface area contributed by atoms with Gasteiger partial charge >= 0.3 is 0 Å². The molecule has 1 rings (SSSR count). The van der Waals surface area contributed by atoms with Crippen LogP contribution in [-0.2, 0) is 0 Å². The highest BCUT2D eigenvalue weighted by molar-refractivity contribution is 7.14. The lowest BCUT2D eigenvalue weighted by Gasteiger charge is -1.90. The molecule has 0 unspecified atom stereocenters. The van der Waals surface area contributed by atoms with E-state index in [1.807, 2.05) is 18.4 Å². The predicted molar refractivity (Wildman–Crippen MR) is 43.2 cm³/mol. The Morgan fingerprint density at radius 3 is 2.90 bits per heavy atom. The van der Waals surface area contributed by atoms with Crippen LogP contribution in [0.4, 0.5) is 0 Å². The highest BCUT2D eigenvalue weighted by atomic mass is 35.5. The number of aryl methyl sites for hydroxylation is 1. The van der Waals surface area contributed by atoms with Gasteiger partial charge in [-0.3, -0.25) is 0 Å². The second kappa shape index (κ2) is 3.03. The minimum atomic E-state index is 0.160. The Kier molecular flexibility index (Phi) is 2.29. The SMILES string of the molecule is Cc1ccsc1C(Cl)=NO. The lowest BCUT2D eigenvalue weighted by molar-refractivity contribution is 0.321. The molecule has 4 heteroatoms. The van der Waals surface area contributed by atoms with Crippen LogP contribution in [-0.4, -0.2) is 10.4 Å². The zero-order chi connectivity index (χ0) is 7.56. The van der Waals surface area contributed by atoms with Gasteiger partial charge < -0.3 is 5.21 Å². The van der Waals surface area contributed by atoms with Crippen LogP contribution in [0.5, 0.6) is 0 Å².